The van der Waals surface area contributed by atoms with Gasteiger partial charge in [0.25, 0.3) is 11.5 Å². The number of fused-ring (bicyclic) bond motifs is 1. The number of aromatic amines is 1. The maximum atomic E-state index is 13.2. The molecule has 0 aromatic carbocycles. The largest absolute Gasteiger partial charge is 0.357 e. The molecule has 0 spiro atoms. The van der Waals surface area contributed by atoms with E-state index in [-0.39, 0.29) is 28.4 Å². The smallest absolute Gasteiger partial charge is 0.329 e. The lowest BCUT2D eigenvalue weighted by atomic mass is 10.1. The molecule has 34 heavy (non-hydrogen) atoms. The van der Waals surface area contributed by atoms with Crippen LogP contribution in [0.4, 0.5) is 5.82 Å². The van der Waals surface area contributed by atoms with Gasteiger partial charge in [-0.05, 0) is 50.3 Å². The number of nitrogens with one attached hydrogen (secondary N) is 2. The van der Waals surface area contributed by atoms with E-state index in [0.29, 0.717) is 13.1 Å². The summed E-state index contributed by atoms with van der Waals surface area (Å²) in [5.41, 5.74) is 1.06. The Morgan fingerprint density at radius 2 is 1.91 bits per heavy atom. The molecule has 2 aliphatic rings. The first kappa shape index (κ1) is 22.3. The Labute approximate surface area is 197 Å². The summed E-state index contributed by atoms with van der Waals surface area (Å²) in [7, 11) is 0. The lowest BCUT2D eigenvalue weighted by Gasteiger charge is -2.21. The average Bonchev–Trinajstić information content (AvgIpc) is 3.70. The fraction of sp³-hybridized carbons (Fsp3) is 0.480. The Morgan fingerprint density at radius 1 is 1.15 bits per heavy atom. The SMILES string of the molecule is CCn1c(=O)[nH]c(=O)c2c(C(=O)NCc3ccc(N4CCCCCC4)nc3)cc(C3CC3)nc21. The number of pyridine rings is 2. The van der Waals surface area contributed by atoms with Crippen molar-refractivity contribution < 1.29 is 4.79 Å². The van der Waals surface area contributed by atoms with E-state index in [1.807, 2.05) is 19.1 Å². The molecule has 2 fully saturated rings. The van der Waals surface area contributed by atoms with Crippen LogP contribution >= 0.6 is 0 Å². The van der Waals surface area contributed by atoms with Crippen molar-refractivity contribution in [1.29, 1.82) is 0 Å². The second-order valence-electron chi connectivity index (χ2n) is 9.18. The van der Waals surface area contributed by atoms with Gasteiger partial charge in [0.1, 0.15) is 5.82 Å². The number of H-pyrrole nitrogens is 1. The molecule has 2 N–H and O–H groups in total. The van der Waals surface area contributed by atoms with E-state index in [9.17, 15) is 14.4 Å². The molecular weight excluding hydrogens is 432 g/mol. The molecule has 9 heteroatoms. The first-order valence-electron chi connectivity index (χ1n) is 12.2. The number of amides is 1. The highest BCUT2D eigenvalue weighted by Gasteiger charge is 2.28. The molecule has 9 nitrogen and oxygen atoms in total. The van der Waals surface area contributed by atoms with Crippen LogP contribution in [-0.2, 0) is 13.1 Å². The van der Waals surface area contributed by atoms with Crippen LogP contribution in [-0.4, -0.2) is 38.5 Å². The van der Waals surface area contributed by atoms with Gasteiger partial charge in [-0.2, -0.15) is 0 Å². The predicted molar refractivity (Wildman–Crippen MR) is 130 cm³/mol. The number of aryl methyl sites for hydroxylation is 1. The van der Waals surface area contributed by atoms with Gasteiger partial charge in [0.05, 0.1) is 10.9 Å². The molecule has 0 radical (unpaired) electrons. The summed E-state index contributed by atoms with van der Waals surface area (Å²) in [4.78, 5) is 52.0. The van der Waals surface area contributed by atoms with Gasteiger partial charge in [0.2, 0.25) is 0 Å². The summed E-state index contributed by atoms with van der Waals surface area (Å²) in [6.07, 6.45) is 8.69. The molecule has 3 aromatic heterocycles. The summed E-state index contributed by atoms with van der Waals surface area (Å²) in [5.74, 6) is 0.874. The number of hydrogen-bond acceptors (Lipinski definition) is 6. The van der Waals surface area contributed by atoms with Gasteiger partial charge < -0.3 is 10.2 Å². The van der Waals surface area contributed by atoms with E-state index in [4.69, 9.17) is 0 Å². The molecule has 0 bridgehead atoms. The molecule has 0 unspecified atom stereocenters. The van der Waals surface area contributed by atoms with Gasteiger partial charge in [0.15, 0.2) is 5.65 Å². The molecule has 1 aliphatic heterocycles. The fourth-order valence-electron chi connectivity index (χ4n) is 4.64. The molecule has 4 heterocycles. The first-order chi connectivity index (χ1) is 16.5. The maximum Gasteiger partial charge on any atom is 0.329 e. The van der Waals surface area contributed by atoms with E-state index in [2.05, 4.69) is 25.2 Å². The minimum absolute atomic E-state index is 0.151. The van der Waals surface area contributed by atoms with Crippen molar-refractivity contribution in [2.75, 3.05) is 18.0 Å². The Bertz CT molecular complexity index is 1320. The Balaban J connectivity index is 1.39. The number of hydrogen-bond donors (Lipinski definition) is 2. The number of anilines is 1. The van der Waals surface area contributed by atoms with Crippen LogP contribution in [0.5, 0.6) is 0 Å². The molecule has 0 atom stereocenters. The van der Waals surface area contributed by atoms with Crippen molar-refractivity contribution in [1.82, 2.24) is 24.8 Å². The molecule has 178 valence electrons. The molecule has 5 rings (SSSR count). The van der Waals surface area contributed by atoms with Crippen LogP contribution in [0.1, 0.15) is 73.0 Å². The summed E-state index contributed by atoms with van der Waals surface area (Å²) in [5, 5.41) is 3.07. The van der Waals surface area contributed by atoms with Gasteiger partial charge in [-0.3, -0.25) is 19.1 Å². The van der Waals surface area contributed by atoms with Crippen molar-refractivity contribution in [2.24, 2.45) is 0 Å². The van der Waals surface area contributed by atoms with E-state index < -0.39 is 11.2 Å². The third kappa shape index (κ3) is 4.47. The number of carbonyl (C=O) groups is 1. The molecule has 1 saturated heterocycles. The van der Waals surface area contributed by atoms with Gasteiger partial charge in [-0.15, -0.1) is 0 Å². The van der Waals surface area contributed by atoms with E-state index in [1.165, 1.54) is 30.3 Å². The van der Waals surface area contributed by atoms with Crippen LogP contribution in [0.15, 0.2) is 34.0 Å². The normalized spacial score (nSPS) is 16.4. The number of rotatable bonds is 6. The lowest BCUT2D eigenvalue weighted by Crippen LogP contribution is -2.33. The predicted octanol–water partition coefficient (Wildman–Crippen LogP) is 2.69. The molecule has 1 saturated carbocycles. The number of carbonyl (C=O) groups excluding carboxylic acids is 1. The molecular formula is C25H30N6O3. The maximum absolute atomic E-state index is 13.2. The number of aromatic nitrogens is 4. The van der Waals surface area contributed by atoms with Crippen LogP contribution in [0.2, 0.25) is 0 Å². The van der Waals surface area contributed by atoms with E-state index in [1.54, 1.807) is 12.3 Å². The minimum atomic E-state index is -0.590. The Morgan fingerprint density at radius 3 is 2.56 bits per heavy atom. The highest BCUT2D eigenvalue weighted by Crippen LogP contribution is 2.39. The van der Waals surface area contributed by atoms with E-state index in [0.717, 1.165) is 43.0 Å². The average molecular weight is 463 g/mol. The Hall–Kier alpha value is -3.49. The van der Waals surface area contributed by atoms with Crippen molar-refractivity contribution in [3.63, 3.8) is 0 Å². The third-order valence-electron chi connectivity index (χ3n) is 6.72. The highest BCUT2D eigenvalue weighted by molar-refractivity contribution is 6.05. The van der Waals surface area contributed by atoms with Crippen LogP contribution in [0.3, 0.4) is 0 Å². The quantitative estimate of drug-likeness (QED) is 0.582. The van der Waals surface area contributed by atoms with Gasteiger partial charge in [-0.1, -0.05) is 18.9 Å². The van der Waals surface area contributed by atoms with Crippen molar-refractivity contribution in [3.8, 4) is 0 Å². The van der Waals surface area contributed by atoms with Crippen LogP contribution < -0.4 is 21.5 Å². The summed E-state index contributed by atoms with van der Waals surface area (Å²) in [6.45, 7) is 4.51. The van der Waals surface area contributed by atoms with Crippen molar-refractivity contribution in [3.05, 3.63) is 62.1 Å². The zero-order valence-electron chi connectivity index (χ0n) is 19.5. The zero-order valence-corrected chi connectivity index (χ0v) is 19.5. The minimum Gasteiger partial charge on any atom is -0.357 e. The van der Waals surface area contributed by atoms with E-state index >= 15 is 0 Å². The topological polar surface area (TPSA) is 113 Å². The Kier molecular flexibility index (Phi) is 6.17. The summed E-state index contributed by atoms with van der Waals surface area (Å²) in [6, 6.07) is 5.69. The standard InChI is InChI=1S/C25H30N6O3/c1-2-31-22-21(24(33)29-25(31)34)18(13-19(28-22)17-8-9-17)23(32)27-15-16-7-10-20(26-14-16)30-11-5-3-4-6-12-30/h7,10,13-14,17H,2-6,8-9,11-12,15H2,1H3,(H,27,32)(H,29,33,34). The molecule has 1 aliphatic carbocycles. The lowest BCUT2D eigenvalue weighted by molar-refractivity contribution is 0.0952. The summed E-state index contributed by atoms with van der Waals surface area (Å²) < 4.78 is 1.41. The fourth-order valence-corrected chi connectivity index (χ4v) is 4.64. The monoisotopic (exact) mass is 462 g/mol. The van der Waals surface area contributed by atoms with Gasteiger partial charge in [0, 0.05) is 44.0 Å². The van der Waals surface area contributed by atoms with Crippen LogP contribution in [0.25, 0.3) is 11.0 Å². The molecule has 3 aromatic rings. The van der Waals surface area contributed by atoms with Gasteiger partial charge >= 0.3 is 5.69 Å². The summed E-state index contributed by atoms with van der Waals surface area (Å²) >= 11 is 0. The number of nitrogens with zero attached hydrogens (tertiary/aromatic N) is 4. The van der Waals surface area contributed by atoms with Crippen LogP contribution in [0, 0.1) is 0 Å². The zero-order chi connectivity index (χ0) is 23.7. The van der Waals surface area contributed by atoms with Crippen molar-refractivity contribution in [2.45, 2.75) is 64.5 Å². The van der Waals surface area contributed by atoms with Crippen molar-refractivity contribution >= 4 is 22.8 Å². The molecule has 1 amide bonds. The highest BCUT2D eigenvalue weighted by atomic mass is 16.2. The third-order valence-corrected chi connectivity index (χ3v) is 6.72. The first-order valence-corrected chi connectivity index (χ1v) is 12.2. The van der Waals surface area contributed by atoms with Gasteiger partial charge in [-0.25, -0.2) is 14.8 Å². The second-order valence-corrected chi connectivity index (χ2v) is 9.18. The second kappa shape index (κ2) is 9.40.